The number of hydrogen-bond donors (Lipinski definition) is 8. The molecular formula is C21H30N4O8S. The molecule has 0 bridgehead atoms. The number of carbonyl (C=O) groups excluding carboxylic acids is 3. The van der Waals surface area contributed by atoms with Crippen molar-refractivity contribution >= 4 is 42.3 Å². The van der Waals surface area contributed by atoms with Gasteiger partial charge in [0.15, 0.2) is 0 Å². The molecule has 0 aliphatic rings. The summed E-state index contributed by atoms with van der Waals surface area (Å²) in [6, 6.07) is 3.33. The number of carboxylic acids is 2. The van der Waals surface area contributed by atoms with Crippen LogP contribution in [-0.2, 0) is 30.4 Å². The standard InChI is InChI=1S/C21H30N4O8S/c1-11(26)17(22)20(31)24-14(9-12-5-3-2-4-6-12)19(30)23-13(7-8-16(27)28)18(29)25-15(10-34)21(32)33/h2-6,11,13-15,17,26,34H,7-10,22H2,1H3,(H,23,30)(H,24,31)(H,25,29)(H,27,28)(H,32,33). The smallest absolute Gasteiger partial charge is 0.327 e. The highest BCUT2D eigenvalue weighted by molar-refractivity contribution is 7.80. The second-order valence-electron chi connectivity index (χ2n) is 7.59. The number of nitrogens with two attached hydrogens (primary N) is 1. The Hall–Kier alpha value is -3.16. The van der Waals surface area contributed by atoms with Crippen molar-refractivity contribution in [2.24, 2.45) is 5.73 Å². The third-order valence-electron chi connectivity index (χ3n) is 4.82. The van der Waals surface area contributed by atoms with Gasteiger partial charge in [-0.3, -0.25) is 19.2 Å². The van der Waals surface area contributed by atoms with Gasteiger partial charge in [0.2, 0.25) is 17.7 Å². The van der Waals surface area contributed by atoms with E-state index in [1.54, 1.807) is 30.3 Å². The highest BCUT2D eigenvalue weighted by Crippen LogP contribution is 2.07. The number of aliphatic carboxylic acids is 2. The van der Waals surface area contributed by atoms with Gasteiger partial charge in [0, 0.05) is 18.6 Å². The van der Waals surface area contributed by atoms with Gasteiger partial charge in [-0.2, -0.15) is 12.6 Å². The van der Waals surface area contributed by atoms with E-state index in [1.807, 2.05) is 0 Å². The zero-order valence-electron chi connectivity index (χ0n) is 18.5. The molecular weight excluding hydrogens is 468 g/mol. The van der Waals surface area contributed by atoms with Crippen molar-refractivity contribution in [3.63, 3.8) is 0 Å². The van der Waals surface area contributed by atoms with Gasteiger partial charge in [-0.1, -0.05) is 30.3 Å². The molecule has 0 aromatic heterocycles. The molecule has 3 amide bonds. The molecule has 1 aromatic rings. The first-order valence-corrected chi connectivity index (χ1v) is 11.0. The number of thiol groups is 1. The minimum Gasteiger partial charge on any atom is -0.481 e. The van der Waals surface area contributed by atoms with Crippen LogP contribution in [0.5, 0.6) is 0 Å². The first kappa shape index (κ1) is 28.9. The van der Waals surface area contributed by atoms with Crippen molar-refractivity contribution in [2.45, 2.75) is 56.5 Å². The van der Waals surface area contributed by atoms with Crippen molar-refractivity contribution in [1.29, 1.82) is 0 Å². The summed E-state index contributed by atoms with van der Waals surface area (Å²) >= 11 is 3.86. The van der Waals surface area contributed by atoms with E-state index in [0.29, 0.717) is 5.56 Å². The Morgan fingerprint density at radius 1 is 0.912 bits per heavy atom. The first-order chi connectivity index (χ1) is 16.0. The molecule has 5 unspecified atom stereocenters. The van der Waals surface area contributed by atoms with E-state index in [9.17, 15) is 29.1 Å². The minimum atomic E-state index is -1.40. The number of nitrogens with one attached hydrogen (secondary N) is 3. The highest BCUT2D eigenvalue weighted by Gasteiger charge is 2.31. The molecule has 188 valence electrons. The number of benzene rings is 1. The van der Waals surface area contributed by atoms with Crippen molar-refractivity contribution < 1.29 is 39.3 Å². The fraction of sp³-hybridized carbons (Fsp3) is 0.476. The lowest BCUT2D eigenvalue weighted by molar-refractivity contribution is -0.142. The molecule has 8 N–H and O–H groups in total. The van der Waals surface area contributed by atoms with Crippen LogP contribution in [0.3, 0.4) is 0 Å². The molecule has 0 radical (unpaired) electrons. The fourth-order valence-corrected chi connectivity index (χ4v) is 3.06. The molecule has 5 atom stereocenters. The van der Waals surface area contributed by atoms with E-state index >= 15 is 0 Å². The molecule has 1 aromatic carbocycles. The maximum absolute atomic E-state index is 13.0. The van der Waals surface area contributed by atoms with Crippen LogP contribution in [0.15, 0.2) is 30.3 Å². The monoisotopic (exact) mass is 498 g/mol. The number of amides is 3. The largest absolute Gasteiger partial charge is 0.481 e. The van der Waals surface area contributed by atoms with E-state index in [-0.39, 0.29) is 18.6 Å². The Morgan fingerprint density at radius 3 is 1.94 bits per heavy atom. The SMILES string of the molecule is CC(O)C(N)C(=O)NC(Cc1ccccc1)C(=O)NC(CCC(=O)O)C(=O)NC(CS)C(=O)O. The second-order valence-corrected chi connectivity index (χ2v) is 7.96. The van der Waals surface area contributed by atoms with Crippen LogP contribution in [0.2, 0.25) is 0 Å². The van der Waals surface area contributed by atoms with Crippen LogP contribution in [0.1, 0.15) is 25.3 Å². The highest BCUT2D eigenvalue weighted by atomic mass is 32.1. The number of carboxylic acid groups (broad SMARTS) is 2. The number of hydrogen-bond acceptors (Lipinski definition) is 8. The second kappa shape index (κ2) is 14.2. The Labute approximate surface area is 201 Å². The Bertz CT molecular complexity index is 868. The molecule has 1 rings (SSSR count). The van der Waals surface area contributed by atoms with Crippen LogP contribution in [0.25, 0.3) is 0 Å². The quantitative estimate of drug-likeness (QED) is 0.137. The first-order valence-electron chi connectivity index (χ1n) is 10.4. The summed E-state index contributed by atoms with van der Waals surface area (Å²) in [5, 5.41) is 34.7. The third-order valence-corrected chi connectivity index (χ3v) is 5.18. The van der Waals surface area contributed by atoms with Gasteiger partial charge in [0.05, 0.1) is 6.10 Å². The van der Waals surface area contributed by atoms with Crippen LogP contribution in [0.4, 0.5) is 0 Å². The molecule has 0 saturated carbocycles. The van der Waals surface area contributed by atoms with Gasteiger partial charge < -0.3 is 37.0 Å². The normalized spacial score (nSPS) is 15.2. The molecule has 0 saturated heterocycles. The summed E-state index contributed by atoms with van der Waals surface area (Å²) in [4.78, 5) is 60.2. The molecule has 0 aliphatic heterocycles. The van der Waals surface area contributed by atoms with Crippen LogP contribution in [-0.4, -0.2) is 81.0 Å². The topological polar surface area (TPSA) is 208 Å². The van der Waals surface area contributed by atoms with Gasteiger partial charge in [-0.15, -0.1) is 0 Å². The number of rotatable bonds is 14. The summed E-state index contributed by atoms with van der Waals surface area (Å²) in [6.45, 7) is 1.31. The molecule has 0 fully saturated rings. The lowest BCUT2D eigenvalue weighted by Crippen LogP contribution is -2.58. The predicted molar refractivity (Wildman–Crippen MR) is 124 cm³/mol. The van der Waals surface area contributed by atoms with Gasteiger partial charge in [-0.05, 0) is 18.9 Å². The Balaban J connectivity index is 3.10. The lowest BCUT2D eigenvalue weighted by Gasteiger charge is -2.25. The van der Waals surface area contributed by atoms with E-state index in [4.69, 9.17) is 15.9 Å². The van der Waals surface area contributed by atoms with Gasteiger partial charge in [0.25, 0.3) is 0 Å². The van der Waals surface area contributed by atoms with Crippen LogP contribution in [0, 0.1) is 0 Å². The summed E-state index contributed by atoms with van der Waals surface area (Å²) in [7, 11) is 0. The van der Waals surface area contributed by atoms with Crippen molar-refractivity contribution in [2.75, 3.05) is 5.75 Å². The summed E-state index contributed by atoms with van der Waals surface area (Å²) in [6.07, 6.45) is -2.00. The van der Waals surface area contributed by atoms with Gasteiger partial charge in [-0.25, -0.2) is 4.79 Å². The maximum Gasteiger partial charge on any atom is 0.327 e. The Kier molecular flexibility index (Phi) is 12.0. The van der Waals surface area contributed by atoms with E-state index in [2.05, 4.69) is 28.6 Å². The van der Waals surface area contributed by atoms with Crippen LogP contribution >= 0.6 is 12.6 Å². The van der Waals surface area contributed by atoms with E-state index < -0.39 is 66.4 Å². The maximum atomic E-state index is 13.0. The molecule has 0 aliphatic carbocycles. The zero-order chi connectivity index (χ0) is 25.8. The lowest BCUT2D eigenvalue weighted by atomic mass is 10.0. The fourth-order valence-electron chi connectivity index (χ4n) is 2.81. The van der Waals surface area contributed by atoms with Crippen molar-refractivity contribution in [1.82, 2.24) is 16.0 Å². The average Bonchev–Trinajstić information content (AvgIpc) is 2.78. The zero-order valence-corrected chi connectivity index (χ0v) is 19.4. The van der Waals surface area contributed by atoms with E-state index in [0.717, 1.165) is 0 Å². The predicted octanol–water partition coefficient (Wildman–Crippen LogP) is -1.73. The molecule has 13 heteroatoms. The molecule has 0 heterocycles. The molecule has 12 nitrogen and oxygen atoms in total. The number of aliphatic hydroxyl groups excluding tert-OH is 1. The molecule has 0 spiro atoms. The van der Waals surface area contributed by atoms with Gasteiger partial charge >= 0.3 is 11.9 Å². The summed E-state index contributed by atoms with van der Waals surface area (Å²) in [5.41, 5.74) is 6.31. The Morgan fingerprint density at radius 2 is 1.44 bits per heavy atom. The summed E-state index contributed by atoms with van der Waals surface area (Å²) < 4.78 is 0. The third kappa shape index (κ3) is 9.77. The van der Waals surface area contributed by atoms with Crippen molar-refractivity contribution in [3.05, 3.63) is 35.9 Å². The minimum absolute atomic E-state index is 0.00655. The number of aliphatic hydroxyl groups is 1. The summed E-state index contributed by atoms with van der Waals surface area (Å²) in [5.74, 6) is -5.36. The van der Waals surface area contributed by atoms with E-state index in [1.165, 1.54) is 6.92 Å². The van der Waals surface area contributed by atoms with Crippen molar-refractivity contribution in [3.8, 4) is 0 Å². The number of carbonyl (C=O) groups is 5. The van der Waals surface area contributed by atoms with Crippen LogP contribution < -0.4 is 21.7 Å². The van der Waals surface area contributed by atoms with Gasteiger partial charge in [0.1, 0.15) is 24.2 Å². The average molecular weight is 499 g/mol. The molecule has 34 heavy (non-hydrogen) atoms.